The van der Waals surface area contributed by atoms with Crippen LogP contribution in [0, 0.1) is 0 Å². The first-order valence-electron chi connectivity index (χ1n) is 38.1. The van der Waals surface area contributed by atoms with Crippen LogP contribution in [0.4, 0.5) is 0 Å². The first-order chi connectivity index (χ1) is 45.3. The lowest BCUT2D eigenvalue weighted by Gasteiger charge is -2.48. The molecule has 0 aliphatic carbocycles. The van der Waals surface area contributed by atoms with Crippen LogP contribution in [0.15, 0.2) is 24.3 Å². The van der Waals surface area contributed by atoms with Gasteiger partial charge in [-0.3, -0.25) is 4.79 Å². The molecule has 3 rings (SSSR count). The fraction of sp³-hybridized carbons (Fsp3) is 0.932. The number of unbranched alkanes of at least 4 members (excludes halogenated alkanes) is 42. The third-order valence-electron chi connectivity index (χ3n) is 19.2. The normalized spacial score (nSPS) is 27.6. The van der Waals surface area contributed by atoms with Gasteiger partial charge in [-0.05, 0) is 44.9 Å². The summed E-state index contributed by atoms with van der Waals surface area (Å²) in [6.45, 7) is 1.74. The molecule has 0 radical (unpaired) electrons. The molecule has 17 atom stereocenters. The lowest BCUT2D eigenvalue weighted by atomic mass is 9.96. The molecular weight excluding hydrogens is 1190 g/mol. The molecule has 3 heterocycles. The summed E-state index contributed by atoms with van der Waals surface area (Å²) in [5.41, 5.74) is 0. The predicted octanol–water partition coefficient (Wildman–Crippen LogP) is 11.4. The third kappa shape index (κ3) is 37.3. The number of allylic oxidation sites excluding steroid dienone is 3. The molecule has 3 aliphatic heterocycles. The summed E-state index contributed by atoms with van der Waals surface area (Å²) >= 11 is 0. The molecule has 0 saturated carbocycles. The Hall–Kier alpha value is -1.73. The quantitative estimate of drug-likeness (QED) is 0.0199. The van der Waals surface area contributed by atoms with Gasteiger partial charge in [-0.25, -0.2) is 0 Å². The number of hydrogen-bond donors (Lipinski definition) is 12. The van der Waals surface area contributed by atoms with Gasteiger partial charge in [0, 0.05) is 6.42 Å². The summed E-state index contributed by atoms with van der Waals surface area (Å²) in [5, 5.41) is 120. The minimum absolute atomic E-state index is 0.248. The van der Waals surface area contributed by atoms with E-state index in [2.05, 4.69) is 31.3 Å². The van der Waals surface area contributed by atoms with Crippen molar-refractivity contribution in [2.24, 2.45) is 0 Å². The third-order valence-corrected chi connectivity index (χ3v) is 19.2. The molecular formula is C74H139NO18. The van der Waals surface area contributed by atoms with Gasteiger partial charge >= 0.3 is 0 Å². The molecule has 548 valence electrons. The minimum Gasteiger partial charge on any atom is -0.394 e. The van der Waals surface area contributed by atoms with Gasteiger partial charge in [-0.2, -0.15) is 0 Å². The second-order valence-electron chi connectivity index (χ2n) is 27.5. The topological polar surface area (TPSA) is 307 Å². The Morgan fingerprint density at radius 1 is 0.376 bits per heavy atom. The maximum Gasteiger partial charge on any atom is 0.220 e. The lowest BCUT2D eigenvalue weighted by molar-refractivity contribution is -0.379. The van der Waals surface area contributed by atoms with Crippen molar-refractivity contribution in [2.75, 3.05) is 26.4 Å². The van der Waals surface area contributed by atoms with Crippen LogP contribution in [-0.2, 0) is 33.2 Å². The van der Waals surface area contributed by atoms with Gasteiger partial charge < -0.3 is 89.9 Å². The molecule has 3 saturated heterocycles. The molecule has 19 nitrogen and oxygen atoms in total. The molecule has 17 unspecified atom stereocenters. The van der Waals surface area contributed by atoms with Crippen molar-refractivity contribution in [3.8, 4) is 0 Å². The molecule has 12 N–H and O–H groups in total. The zero-order chi connectivity index (χ0) is 67.5. The van der Waals surface area contributed by atoms with Gasteiger partial charge in [0.05, 0.1) is 38.6 Å². The van der Waals surface area contributed by atoms with Crippen molar-refractivity contribution >= 4 is 5.91 Å². The largest absolute Gasteiger partial charge is 0.394 e. The van der Waals surface area contributed by atoms with Gasteiger partial charge in [0.2, 0.25) is 5.91 Å². The van der Waals surface area contributed by atoms with Gasteiger partial charge in [0.1, 0.15) is 73.2 Å². The zero-order valence-corrected chi connectivity index (χ0v) is 58.3. The Morgan fingerprint density at radius 2 is 0.677 bits per heavy atom. The monoisotopic (exact) mass is 1330 g/mol. The number of aliphatic hydroxyl groups is 11. The van der Waals surface area contributed by atoms with Crippen LogP contribution in [0.5, 0.6) is 0 Å². The van der Waals surface area contributed by atoms with Crippen LogP contribution in [-0.4, -0.2) is 193 Å². The van der Waals surface area contributed by atoms with Crippen molar-refractivity contribution in [1.82, 2.24) is 5.32 Å². The highest BCUT2D eigenvalue weighted by Crippen LogP contribution is 2.33. The van der Waals surface area contributed by atoms with E-state index in [9.17, 15) is 61.0 Å². The standard InChI is InChI=1S/C74H139NO18/c1-3-5-7-9-11-13-15-16-17-18-19-20-21-22-23-24-25-26-27-28-29-30-31-32-33-34-35-36-37-38-39-40-42-44-46-48-50-52-62(80)75-57(58(79)51-49-47-45-43-41-14-12-10-8-6-4-2)56-88-72-68(86)65(83)70(60(54-77)90-72)93-74-69(87)66(84)71(61(55-78)91-74)92-73-67(85)64(82)63(81)59(53-76)89-73/h18-19,49,51,57-61,63-74,76-79,81-87H,3-17,20-48,50,52-56H2,1-2H3,(H,75,80)/b19-18-,51-49+. The van der Waals surface area contributed by atoms with Crippen LogP contribution in [0.1, 0.15) is 309 Å². The van der Waals surface area contributed by atoms with Crippen molar-refractivity contribution < 1.29 is 89.4 Å². The van der Waals surface area contributed by atoms with Crippen LogP contribution in [0.3, 0.4) is 0 Å². The summed E-state index contributed by atoms with van der Waals surface area (Å²) < 4.78 is 34.3. The molecule has 0 aromatic heterocycles. The Balaban J connectivity index is 1.28. The van der Waals surface area contributed by atoms with E-state index in [0.717, 1.165) is 44.9 Å². The van der Waals surface area contributed by atoms with E-state index in [1.165, 1.54) is 238 Å². The number of aliphatic hydroxyl groups excluding tert-OH is 11. The molecule has 3 aliphatic rings. The smallest absolute Gasteiger partial charge is 0.220 e. The molecule has 1 amide bonds. The van der Waals surface area contributed by atoms with E-state index in [0.29, 0.717) is 6.42 Å². The minimum atomic E-state index is -1.98. The second kappa shape index (κ2) is 56.1. The molecule has 93 heavy (non-hydrogen) atoms. The summed E-state index contributed by atoms with van der Waals surface area (Å²) in [4.78, 5) is 13.4. The van der Waals surface area contributed by atoms with Gasteiger partial charge in [-0.15, -0.1) is 0 Å². The average molecular weight is 1330 g/mol. The molecule has 0 aromatic carbocycles. The lowest BCUT2D eigenvalue weighted by Crippen LogP contribution is -2.66. The van der Waals surface area contributed by atoms with Gasteiger partial charge in [-0.1, -0.05) is 282 Å². The van der Waals surface area contributed by atoms with Crippen LogP contribution < -0.4 is 5.32 Å². The number of amides is 1. The fourth-order valence-electron chi connectivity index (χ4n) is 13.1. The SMILES string of the molecule is CCCCCCCCCC/C=C\CCCCCCCCCCCCCCCCCCCCCCCCCCCC(=O)NC(COC1OC(CO)C(OC2OC(CO)C(OC3OC(CO)C(O)C(O)C3O)C(O)C2O)C(O)C1O)C(O)/C=C/CCCCCCCCCCC. The summed E-state index contributed by atoms with van der Waals surface area (Å²) in [6.07, 6.45) is 39.3. The second-order valence-corrected chi connectivity index (χ2v) is 27.5. The first-order valence-corrected chi connectivity index (χ1v) is 38.1. The maximum atomic E-state index is 13.4. The molecule has 3 fully saturated rings. The highest BCUT2D eigenvalue weighted by molar-refractivity contribution is 5.76. The Morgan fingerprint density at radius 3 is 1.04 bits per heavy atom. The number of rotatable bonds is 60. The van der Waals surface area contributed by atoms with E-state index in [-0.39, 0.29) is 18.9 Å². The highest BCUT2D eigenvalue weighted by Gasteiger charge is 2.53. The van der Waals surface area contributed by atoms with Crippen LogP contribution in [0.2, 0.25) is 0 Å². The first kappa shape index (κ1) is 85.5. The number of ether oxygens (including phenoxy) is 6. The zero-order valence-electron chi connectivity index (χ0n) is 58.3. The molecule has 19 heteroatoms. The molecule has 0 spiro atoms. The van der Waals surface area contributed by atoms with Crippen molar-refractivity contribution in [2.45, 2.75) is 413 Å². The van der Waals surface area contributed by atoms with Gasteiger partial charge in [0.15, 0.2) is 18.9 Å². The number of carbonyl (C=O) groups is 1. The summed E-state index contributed by atoms with van der Waals surface area (Å²) in [7, 11) is 0. The molecule has 0 bridgehead atoms. The fourth-order valence-corrected chi connectivity index (χ4v) is 13.1. The van der Waals surface area contributed by atoms with Gasteiger partial charge in [0.25, 0.3) is 0 Å². The van der Waals surface area contributed by atoms with Crippen LogP contribution >= 0.6 is 0 Å². The van der Waals surface area contributed by atoms with E-state index >= 15 is 0 Å². The molecule has 0 aromatic rings. The number of carbonyl (C=O) groups excluding carboxylic acids is 1. The van der Waals surface area contributed by atoms with E-state index in [1.807, 2.05) is 6.08 Å². The van der Waals surface area contributed by atoms with Crippen molar-refractivity contribution in [3.63, 3.8) is 0 Å². The van der Waals surface area contributed by atoms with Crippen LogP contribution in [0.25, 0.3) is 0 Å². The summed E-state index contributed by atoms with van der Waals surface area (Å²) in [5.74, 6) is -0.271. The Kier molecular flexibility index (Phi) is 51.5. The van der Waals surface area contributed by atoms with E-state index < -0.39 is 124 Å². The average Bonchev–Trinajstić information content (AvgIpc) is 0.805. The predicted molar refractivity (Wildman–Crippen MR) is 365 cm³/mol. The van der Waals surface area contributed by atoms with Crippen molar-refractivity contribution in [1.29, 1.82) is 0 Å². The Labute approximate surface area is 562 Å². The Bertz CT molecular complexity index is 1780. The summed E-state index contributed by atoms with van der Waals surface area (Å²) in [6, 6.07) is -0.969. The number of hydrogen-bond acceptors (Lipinski definition) is 18. The number of nitrogens with one attached hydrogen (secondary N) is 1. The van der Waals surface area contributed by atoms with Crippen molar-refractivity contribution in [3.05, 3.63) is 24.3 Å². The maximum absolute atomic E-state index is 13.4. The highest BCUT2D eigenvalue weighted by atomic mass is 16.8. The van der Waals surface area contributed by atoms with E-state index in [1.54, 1.807) is 6.08 Å². The van der Waals surface area contributed by atoms with E-state index in [4.69, 9.17) is 28.4 Å².